The van der Waals surface area contributed by atoms with Crippen molar-refractivity contribution in [2.45, 2.75) is 66.3 Å². The number of hydrogen-bond acceptors (Lipinski definition) is 1. The number of nitrogens with two attached hydrogens (primary N) is 1. The van der Waals surface area contributed by atoms with Crippen molar-refractivity contribution in [3.05, 3.63) is 0 Å². The molecule has 0 aromatic rings. The maximum absolute atomic E-state index is 5.84. The van der Waals surface area contributed by atoms with Crippen molar-refractivity contribution >= 4 is 5.84 Å². The highest BCUT2D eigenvalue weighted by Gasteiger charge is 2.24. The van der Waals surface area contributed by atoms with Crippen molar-refractivity contribution in [1.29, 1.82) is 0 Å². The van der Waals surface area contributed by atoms with Gasteiger partial charge in [0.15, 0.2) is 0 Å². The summed E-state index contributed by atoms with van der Waals surface area (Å²) in [5.41, 5.74) is 6.11. The van der Waals surface area contributed by atoms with E-state index in [1.807, 2.05) is 0 Å². The normalized spacial score (nSPS) is 14.6. The number of hydrogen-bond donors (Lipinski definition) is 1. The first-order valence-corrected chi connectivity index (χ1v) is 5.50. The minimum atomic E-state index is -0.0303. The van der Waals surface area contributed by atoms with Crippen LogP contribution in [-0.2, 0) is 0 Å². The van der Waals surface area contributed by atoms with E-state index in [1.54, 1.807) is 0 Å². The van der Waals surface area contributed by atoms with Crippen molar-refractivity contribution in [2.75, 3.05) is 0 Å². The van der Waals surface area contributed by atoms with Gasteiger partial charge in [-0.3, -0.25) is 4.99 Å². The minimum Gasteiger partial charge on any atom is -0.387 e. The molecule has 0 aromatic heterocycles. The van der Waals surface area contributed by atoms with Gasteiger partial charge in [0.25, 0.3) is 0 Å². The molecule has 0 amide bonds. The quantitative estimate of drug-likeness (QED) is 0.546. The zero-order chi connectivity index (χ0) is 11.4. The van der Waals surface area contributed by atoms with Crippen LogP contribution in [0.1, 0.15) is 60.8 Å². The smallest absolute Gasteiger partial charge is 0.0943 e. The summed E-state index contributed by atoms with van der Waals surface area (Å²) in [6.45, 7) is 13.1. The first-order chi connectivity index (χ1) is 6.16. The molecule has 0 heterocycles. The Balaban J connectivity index is 4.40. The van der Waals surface area contributed by atoms with Crippen LogP contribution < -0.4 is 5.73 Å². The third kappa shape index (κ3) is 6.93. The molecule has 0 aromatic carbocycles. The predicted molar refractivity (Wildman–Crippen MR) is 64.7 cm³/mol. The highest BCUT2D eigenvalue weighted by atomic mass is 14.9. The van der Waals surface area contributed by atoms with E-state index in [2.05, 4.69) is 46.5 Å². The van der Waals surface area contributed by atoms with Gasteiger partial charge in [0, 0.05) is 6.42 Å². The molecule has 2 heteroatoms. The summed E-state index contributed by atoms with van der Waals surface area (Å²) in [5.74, 6) is 0.793. The lowest BCUT2D eigenvalue weighted by Gasteiger charge is -2.29. The zero-order valence-electron chi connectivity index (χ0n) is 10.6. The molecule has 0 aliphatic rings. The molecule has 0 saturated carbocycles. The second kappa shape index (κ2) is 4.81. The molecule has 0 radical (unpaired) electrons. The minimum absolute atomic E-state index is 0.0303. The van der Waals surface area contributed by atoms with Crippen LogP contribution in [0, 0.1) is 5.41 Å². The first-order valence-electron chi connectivity index (χ1n) is 5.50. The van der Waals surface area contributed by atoms with E-state index < -0.39 is 0 Å². The summed E-state index contributed by atoms with van der Waals surface area (Å²) in [6.07, 6.45) is 3.04. The number of aliphatic imine (C=N–C) groups is 1. The van der Waals surface area contributed by atoms with Gasteiger partial charge in [-0.2, -0.15) is 0 Å². The van der Waals surface area contributed by atoms with E-state index in [1.165, 1.54) is 0 Å². The molecule has 14 heavy (non-hydrogen) atoms. The summed E-state index contributed by atoms with van der Waals surface area (Å²) in [4.78, 5) is 4.58. The average Bonchev–Trinajstić information content (AvgIpc) is 1.78. The van der Waals surface area contributed by atoms with Crippen LogP contribution in [-0.4, -0.2) is 11.4 Å². The molecule has 2 nitrogen and oxygen atoms in total. The van der Waals surface area contributed by atoms with Crippen molar-refractivity contribution in [1.82, 2.24) is 0 Å². The molecule has 0 aliphatic carbocycles. The van der Waals surface area contributed by atoms with Gasteiger partial charge in [0.05, 0.1) is 11.4 Å². The van der Waals surface area contributed by atoms with Crippen molar-refractivity contribution in [2.24, 2.45) is 16.1 Å². The van der Waals surface area contributed by atoms with Gasteiger partial charge in [0.1, 0.15) is 0 Å². The number of amidine groups is 1. The predicted octanol–water partition coefficient (Wildman–Crippen LogP) is 3.36. The Bertz CT molecular complexity index is 197. The molecular weight excluding hydrogens is 172 g/mol. The molecule has 0 unspecified atom stereocenters. The third-order valence-corrected chi connectivity index (χ3v) is 1.92. The Hall–Kier alpha value is -0.530. The van der Waals surface area contributed by atoms with Gasteiger partial charge < -0.3 is 5.73 Å². The molecule has 0 aliphatic heterocycles. The van der Waals surface area contributed by atoms with E-state index in [0.717, 1.165) is 25.1 Å². The van der Waals surface area contributed by atoms with Crippen LogP contribution in [0.5, 0.6) is 0 Å². The van der Waals surface area contributed by atoms with Crippen LogP contribution in [0.4, 0.5) is 0 Å². The van der Waals surface area contributed by atoms with Crippen LogP contribution in [0.3, 0.4) is 0 Å². The van der Waals surface area contributed by atoms with E-state index >= 15 is 0 Å². The Morgan fingerprint density at radius 1 is 1.14 bits per heavy atom. The van der Waals surface area contributed by atoms with Gasteiger partial charge in [0.2, 0.25) is 0 Å². The second-order valence-corrected chi connectivity index (χ2v) is 5.90. The highest BCUT2D eigenvalue weighted by Crippen LogP contribution is 2.29. The van der Waals surface area contributed by atoms with Crippen LogP contribution >= 0.6 is 0 Å². The van der Waals surface area contributed by atoms with Gasteiger partial charge >= 0.3 is 0 Å². The van der Waals surface area contributed by atoms with Crippen LogP contribution in [0.2, 0.25) is 0 Å². The molecule has 0 fully saturated rings. The lowest BCUT2D eigenvalue weighted by molar-refractivity contribution is 0.288. The van der Waals surface area contributed by atoms with Gasteiger partial charge in [-0.25, -0.2) is 0 Å². The summed E-state index contributed by atoms with van der Waals surface area (Å²) >= 11 is 0. The SMILES string of the molecule is CCCC(N)=NC(C)(C)CC(C)(C)C. The van der Waals surface area contributed by atoms with Gasteiger partial charge in [-0.05, 0) is 32.1 Å². The summed E-state index contributed by atoms with van der Waals surface area (Å²) in [5, 5.41) is 0. The van der Waals surface area contributed by atoms with Crippen LogP contribution in [0.25, 0.3) is 0 Å². The molecule has 0 atom stereocenters. The van der Waals surface area contributed by atoms with Gasteiger partial charge in [-0.1, -0.05) is 27.7 Å². The molecule has 0 rings (SSSR count). The topological polar surface area (TPSA) is 38.4 Å². The molecule has 0 saturated heterocycles. The fraction of sp³-hybridized carbons (Fsp3) is 0.917. The van der Waals surface area contributed by atoms with E-state index in [0.29, 0.717) is 5.41 Å². The maximum atomic E-state index is 5.84. The van der Waals surface area contributed by atoms with Crippen molar-refractivity contribution in [3.63, 3.8) is 0 Å². The Kier molecular flexibility index (Phi) is 4.63. The van der Waals surface area contributed by atoms with Gasteiger partial charge in [-0.15, -0.1) is 0 Å². The standard InChI is InChI=1S/C12H26N2/c1-7-8-10(13)14-12(5,6)9-11(2,3)4/h7-9H2,1-6H3,(H2,13,14). The Morgan fingerprint density at radius 2 is 1.64 bits per heavy atom. The monoisotopic (exact) mass is 198 g/mol. The summed E-state index contributed by atoms with van der Waals surface area (Å²) in [7, 11) is 0. The lowest BCUT2D eigenvalue weighted by atomic mass is 9.82. The van der Waals surface area contributed by atoms with E-state index in [9.17, 15) is 0 Å². The number of rotatable bonds is 4. The molecule has 0 bridgehead atoms. The van der Waals surface area contributed by atoms with Crippen molar-refractivity contribution < 1.29 is 0 Å². The molecule has 2 N–H and O–H groups in total. The third-order valence-electron chi connectivity index (χ3n) is 1.92. The maximum Gasteiger partial charge on any atom is 0.0943 e. The molecule has 0 spiro atoms. The Labute approximate surface area is 89.0 Å². The molecular formula is C12H26N2. The fourth-order valence-corrected chi connectivity index (χ4v) is 2.04. The summed E-state index contributed by atoms with van der Waals surface area (Å²) in [6, 6.07) is 0. The van der Waals surface area contributed by atoms with Crippen molar-refractivity contribution in [3.8, 4) is 0 Å². The average molecular weight is 198 g/mol. The van der Waals surface area contributed by atoms with E-state index in [-0.39, 0.29) is 5.54 Å². The Morgan fingerprint density at radius 3 is 2.00 bits per heavy atom. The largest absolute Gasteiger partial charge is 0.387 e. The lowest BCUT2D eigenvalue weighted by Crippen LogP contribution is -2.28. The highest BCUT2D eigenvalue weighted by molar-refractivity contribution is 5.80. The fourth-order valence-electron chi connectivity index (χ4n) is 2.04. The zero-order valence-corrected chi connectivity index (χ0v) is 10.6. The van der Waals surface area contributed by atoms with Crippen LogP contribution in [0.15, 0.2) is 4.99 Å². The molecule has 84 valence electrons. The summed E-state index contributed by atoms with van der Waals surface area (Å²) < 4.78 is 0. The second-order valence-electron chi connectivity index (χ2n) is 5.90. The van der Waals surface area contributed by atoms with E-state index in [4.69, 9.17) is 5.73 Å². The first kappa shape index (κ1) is 13.5. The number of nitrogens with zero attached hydrogens (tertiary/aromatic N) is 1.